The summed E-state index contributed by atoms with van der Waals surface area (Å²) in [5, 5.41) is 16.3. The van der Waals surface area contributed by atoms with E-state index in [2.05, 4.69) is 5.10 Å². The van der Waals surface area contributed by atoms with Crippen LogP contribution in [0, 0.1) is 10.1 Å². The lowest BCUT2D eigenvalue weighted by atomic mass is 10.1. The molecule has 2 aromatic carbocycles. The molecule has 1 amide bonds. The summed E-state index contributed by atoms with van der Waals surface area (Å²) in [4.78, 5) is 25.6. The number of nitrogens with zero attached hydrogens (tertiary/aromatic N) is 4. The highest BCUT2D eigenvalue weighted by Gasteiger charge is 2.24. The summed E-state index contributed by atoms with van der Waals surface area (Å²) in [6, 6.07) is 12.8. The van der Waals surface area contributed by atoms with Crippen LogP contribution in [-0.2, 0) is 0 Å². The molecule has 0 atom stereocenters. The Balaban J connectivity index is 1.79. The largest absolute Gasteiger partial charge is 0.337 e. The molecule has 154 valence electrons. The van der Waals surface area contributed by atoms with Crippen molar-refractivity contribution in [2.75, 3.05) is 13.1 Å². The van der Waals surface area contributed by atoms with Crippen molar-refractivity contribution in [1.29, 1.82) is 0 Å². The third-order valence-corrected chi connectivity index (χ3v) is 5.83. The Hall–Kier alpha value is -2.90. The molecule has 0 spiro atoms. The van der Waals surface area contributed by atoms with E-state index in [1.807, 2.05) is 4.90 Å². The first kappa shape index (κ1) is 20.4. The standard InChI is InChI=1S/C21H18Cl2N4O3/c22-17-9-8-16(12-18(17)23)26-20(21(28)25-10-2-1-3-11-25)13-19(24-26)14-4-6-15(7-5-14)27(29)30/h4-9,12-13H,1-3,10-11H2. The van der Waals surface area contributed by atoms with Gasteiger partial charge in [0, 0.05) is 30.8 Å². The number of benzene rings is 2. The van der Waals surface area contributed by atoms with Crippen molar-refractivity contribution < 1.29 is 9.72 Å². The predicted molar refractivity (Wildman–Crippen MR) is 115 cm³/mol. The van der Waals surface area contributed by atoms with E-state index in [1.54, 1.807) is 41.1 Å². The number of carbonyl (C=O) groups is 1. The fourth-order valence-electron chi connectivity index (χ4n) is 3.50. The van der Waals surface area contributed by atoms with Crippen molar-refractivity contribution in [3.63, 3.8) is 0 Å². The fraction of sp³-hybridized carbons (Fsp3) is 0.238. The number of hydrogen-bond donors (Lipinski definition) is 0. The molecule has 1 fully saturated rings. The Labute approximate surface area is 183 Å². The minimum atomic E-state index is -0.455. The maximum absolute atomic E-state index is 13.3. The number of amides is 1. The Morgan fingerprint density at radius 3 is 2.30 bits per heavy atom. The van der Waals surface area contributed by atoms with Gasteiger partial charge in [-0.2, -0.15) is 5.10 Å². The average Bonchev–Trinajstić information content (AvgIpc) is 3.21. The van der Waals surface area contributed by atoms with Crippen molar-refractivity contribution in [2.24, 2.45) is 0 Å². The van der Waals surface area contributed by atoms with Gasteiger partial charge in [-0.15, -0.1) is 0 Å². The second-order valence-electron chi connectivity index (χ2n) is 7.08. The molecule has 0 N–H and O–H groups in total. The van der Waals surface area contributed by atoms with E-state index in [1.165, 1.54) is 12.1 Å². The van der Waals surface area contributed by atoms with Crippen LogP contribution in [0.1, 0.15) is 29.8 Å². The molecule has 7 nitrogen and oxygen atoms in total. The second-order valence-corrected chi connectivity index (χ2v) is 7.90. The minimum absolute atomic E-state index is 0.00715. The molecular weight excluding hydrogens is 427 g/mol. The van der Waals surface area contributed by atoms with E-state index in [9.17, 15) is 14.9 Å². The molecule has 0 aliphatic carbocycles. The molecule has 1 aromatic heterocycles. The highest BCUT2D eigenvalue weighted by atomic mass is 35.5. The van der Waals surface area contributed by atoms with Crippen molar-refractivity contribution in [2.45, 2.75) is 19.3 Å². The van der Waals surface area contributed by atoms with Crippen LogP contribution in [0.5, 0.6) is 0 Å². The first-order valence-corrected chi connectivity index (χ1v) is 10.3. The molecule has 0 saturated carbocycles. The minimum Gasteiger partial charge on any atom is -0.337 e. The molecule has 30 heavy (non-hydrogen) atoms. The summed E-state index contributed by atoms with van der Waals surface area (Å²) in [5.74, 6) is -0.110. The number of halogens is 2. The van der Waals surface area contributed by atoms with Gasteiger partial charge >= 0.3 is 0 Å². The molecule has 0 unspecified atom stereocenters. The Bertz CT molecular complexity index is 1110. The van der Waals surface area contributed by atoms with Gasteiger partial charge in [0.1, 0.15) is 5.69 Å². The van der Waals surface area contributed by atoms with E-state index < -0.39 is 4.92 Å². The average molecular weight is 445 g/mol. The van der Waals surface area contributed by atoms with Crippen molar-refractivity contribution in [3.8, 4) is 16.9 Å². The molecule has 0 radical (unpaired) electrons. The summed E-state index contributed by atoms with van der Waals surface area (Å²) >= 11 is 12.2. The summed E-state index contributed by atoms with van der Waals surface area (Å²) in [5.41, 5.74) is 2.22. The molecule has 4 rings (SSSR count). The Morgan fingerprint density at radius 2 is 1.67 bits per heavy atom. The summed E-state index contributed by atoms with van der Waals surface area (Å²) < 4.78 is 1.55. The first-order chi connectivity index (χ1) is 14.4. The normalized spacial score (nSPS) is 14.0. The Kier molecular flexibility index (Phi) is 5.74. The van der Waals surface area contributed by atoms with Gasteiger partial charge in [0.15, 0.2) is 0 Å². The third kappa shape index (κ3) is 4.04. The maximum atomic E-state index is 13.3. The SMILES string of the molecule is O=C(c1cc(-c2ccc([N+](=O)[O-])cc2)nn1-c1ccc(Cl)c(Cl)c1)N1CCCCC1. The third-order valence-electron chi connectivity index (χ3n) is 5.09. The van der Waals surface area contributed by atoms with Crippen molar-refractivity contribution >= 4 is 34.8 Å². The highest BCUT2D eigenvalue weighted by molar-refractivity contribution is 6.42. The zero-order valence-corrected chi connectivity index (χ0v) is 17.4. The van der Waals surface area contributed by atoms with Crippen molar-refractivity contribution in [1.82, 2.24) is 14.7 Å². The first-order valence-electron chi connectivity index (χ1n) is 9.53. The lowest BCUT2D eigenvalue weighted by Crippen LogP contribution is -2.36. The van der Waals surface area contributed by atoms with Crippen LogP contribution >= 0.6 is 23.2 Å². The topological polar surface area (TPSA) is 81.3 Å². The van der Waals surface area contributed by atoms with Crippen LogP contribution in [0.15, 0.2) is 48.5 Å². The molecule has 1 saturated heterocycles. The van der Waals surface area contributed by atoms with Crippen LogP contribution in [-0.4, -0.2) is 38.6 Å². The van der Waals surface area contributed by atoms with Gasteiger partial charge < -0.3 is 4.90 Å². The molecule has 2 heterocycles. The van der Waals surface area contributed by atoms with Gasteiger partial charge in [-0.1, -0.05) is 23.2 Å². The molecule has 1 aliphatic heterocycles. The van der Waals surface area contributed by atoms with Crippen molar-refractivity contribution in [3.05, 3.63) is 74.4 Å². The lowest BCUT2D eigenvalue weighted by Gasteiger charge is -2.26. The van der Waals surface area contributed by atoms with Crippen LogP contribution in [0.4, 0.5) is 5.69 Å². The number of non-ortho nitro benzene ring substituents is 1. The number of rotatable bonds is 4. The zero-order valence-electron chi connectivity index (χ0n) is 15.9. The molecule has 0 bridgehead atoms. The number of aromatic nitrogens is 2. The van der Waals surface area contributed by atoms with Gasteiger partial charge in [-0.3, -0.25) is 14.9 Å². The molecular formula is C21H18Cl2N4O3. The van der Waals surface area contributed by atoms with Crippen LogP contribution in [0.25, 0.3) is 16.9 Å². The van der Waals surface area contributed by atoms with Gasteiger partial charge in [-0.05, 0) is 55.7 Å². The Morgan fingerprint density at radius 1 is 0.967 bits per heavy atom. The number of hydrogen-bond acceptors (Lipinski definition) is 4. The van der Waals surface area contributed by atoms with E-state index in [-0.39, 0.29) is 11.6 Å². The van der Waals surface area contributed by atoms with E-state index in [4.69, 9.17) is 23.2 Å². The summed E-state index contributed by atoms with van der Waals surface area (Å²) in [6.07, 6.45) is 3.06. The zero-order chi connectivity index (χ0) is 21.3. The molecule has 1 aliphatic rings. The monoisotopic (exact) mass is 444 g/mol. The smallest absolute Gasteiger partial charge is 0.272 e. The number of likely N-dealkylation sites (tertiary alicyclic amines) is 1. The number of piperidine rings is 1. The highest BCUT2D eigenvalue weighted by Crippen LogP contribution is 2.28. The van der Waals surface area contributed by atoms with Gasteiger partial charge in [0.25, 0.3) is 11.6 Å². The number of nitro groups is 1. The summed E-state index contributed by atoms with van der Waals surface area (Å²) in [7, 11) is 0. The predicted octanol–water partition coefficient (Wildman–Crippen LogP) is 5.38. The second kappa shape index (κ2) is 8.45. The van der Waals surface area contributed by atoms with E-state index >= 15 is 0 Å². The molecule has 9 heteroatoms. The van der Waals surface area contributed by atoms with E-state index in [0.717, 1.165) is 19.3 Å². The van der Waals surface area contributed by atoms with Gasteiger partial charge in [0.05, 0.1) is 26.3 Å². The molecule has 3 aromatic rings. The lowest BCUT2D eigenvalue weighted by molar-refractivity contribution is -0.384. The van der Waals surface area contributed by atoms with Crippen LogP contribution in [0.3, 0.4) is 0 Å². The maximum Gasteiger partial charge on any atom is 0.272 e. The van der Waals surface area contributed by atoms with Gasteiger partial charge in [0.2, 0.25) is 0 Å². The fourth-order valence-corrected chi connectivity index (χ4v) is 3.79. The van der Waals surface area contributed by atoms with Crippen LogP contribution in [0.2, 0.25) is 10.0 Å². The summed E-state index contributed by atoms with van der Waals surface area (Å²) in [6.45, 7) is 1.41. The van der Waals surface area contributed by atoms with E-state index in [0.29, 0.717) is 45.8 Å². The number of nitro benzene ring substituents is 1. The van der Waals surface area contributed by atoms with Crippen LogP contribution < -0.4 is 0 Å². The quantitative estimate of drug-likeness (QED) is 0.399. The van der Waals surface area contributed by atoms with Gasteiger partial charge in [-0.25, -0.2) is 4.68 Å². The number of carbonyl (C=O) groups excluding carboxylic acids is 1.